The summed E-state index contributed by atoms with van der Waals surface area (Å²) in [6, 6.07) is 8.41. The lowest BCUT2D eigenvalue weighted by Gasteiger charge is -2.15. The van der Waals surface area contributed by atoms with Crippen molar-refractivity contribution in [1.29, 1.82) is 0 Å². The molecule has 2 unspecified atom stereocenters. The molecule has 0 aliphatic carbocycles. The number of rotatable bonds is 6. The lowest BCUT2D eigenvalue weighted by atomic mass is 10.1. The van der Waals surface area contributed by atoms with E-state index in [9.17, 15) is 0 Å². The van der Waals surface area contributed by atoms with Gasteiger partial charge in [-0.25, -0.2) is 0 Å². The van der Waals surface area contributed by atoms with E-state index >= 15 is 0 Å². The molecule has 1 N–H and O–H groups in total. The molecule has 2 atom stereocenters. The third-order valence-electron chi connectivity index (χ3n) is 3.53. The third-order valence-corrected chi connectivity index (χ3v) is 3.76. The average Bonchev–Trinajstić information content (AvgIpc) is 2.87. The Labute approximate surface area is 115 Å². The monoisotopic (exact) mass is 267 g/mol. The van der Waals surface area contributed by atoms with Crippen molar-refractivity contribution in [3.63, 3.8) is 0 Å². The van der Waals surface area contributed by atoms with Gasteiger partial charge in [0.2, 0.25) is 0 Å². The summed E-state index contributed by atoms with van der Waals surface area (Å²) in [6.45, 7) is 4.17. The van der Waals surface area contributed by atoms with Crippen molar-refractivity contribution in [3.05, 3.63) is 34.9 Å². The summed E-state index contributed by atoms with van der Waals surface area (Å²) in [5, 5.41) is 4.34. The average molecular weight is 268 g/mol. The van der Waals surface area contributed by atoms with Crippen molar-refractivity contribution >= 4 is 11.6 Å². The summed E-state index contributed by atoms with van der Waals surface area (Å²) in [5.41, 5.74) is 1.25. The molecule has 3 heteroatoms. The lowest BCUT2D eigenvalue weighted by Crippen LogP contribution is -2.21. The summed E-state index contributed by atoms with van der Waals surface area (Å²) in [4.78, 5) is 0. The van der Waals surface area contributed by atoms with E-state index in [-0.39, 0.29) is 0 Å². The molecular weight excluding hydrogens is 246 g/mol. The Morgan fingerprint density at radius 3 is 3.11 bits per heavy atom. The highest BCUT2D eigenvalue weighted by atomic mass is 35.5. The first-order chi connectivity index (χ1) is 8.75. The molecular formula is C15H22ClNO. The summed E-state index contributed by atoms with van der Waals surface area (Å²) in [7, 11) is 0. The topological polar surface area (TPSA) is 21.3 Å². The van der Waals surface area contributed by atoms with Crippen LogP contribution in [0.25, 0.3) is 0 Å². The zero-order valence-electron chi connectivity index (χ0n) is 11.0. The second kappa shape index (κ2) is 7.13. The standard InChI is InChI=1S/C15H22ClNO/c1-12(13-5-2-6-14(16)11-13)17-9-3-7-15-8-4-10-18-15/h2,5-6,11-12,15,17H,3-4,7-10H2,1H3. The molecule has 2 nitrogen and oxygen atoms in total. The molecule has 1 aliphatic heterocycles. The fourth-order valence-corrected chi connectivity index (χ4v) is 2.61. The maximum absolute atomic E-state index is 5.99. The lowest BCUT2D eigenvalue weighted by molar-refractivity contribution is 0.102. The second-order valence-corrected chi connectivity index (χ2v) is 5.44. The van der Waals surface area contributed by atoms with Crippen LogP contribution in [-0.4, -0.2) is 19.3 Å². The van der Waals surface area contributed by atoms with Gasteiger partial charge < -0.3 is 10.1 Å². The minimum Gasteiger partial charge on any atom is -0.378 e. The first-order valence-corrected chi connectivity index (χ1v) is 7.24. The van der Waals surface area contributed by atoms with Gasteiger partial charge in [0.15, 0.2) is 0 Å². The highest BCUT2D eigenvalue weighted by molar-refractivity contribution is 6.30. The van der Waals surface area contributed by atoms with Gasteiger partial charge in [-0.1, -0.05) is 23.7 Å². The number of nitrogens with one attached hydrogen (secondary N) is 1. The summed E-state index contributed by atoms with van der Waals surface area (Å²) in [6.07, 6.45) is 5.33. The van der Waals surface area contributed by atoms with E-state index < -0.39 is 0 Å². The molecule has 1 fully saturated rings. The second-order valence-electron chi connectivity index (χ2n) is 5.01. The smallest absolute Gasteiger partial charge is 0.0576 e. The molecule has 0 aromatic heterocycles. The minimum atomic E-state index is 0.355. The van der Waals surface area contributed by atoms with Crippen LogP contribution in [0.2, 0.25) is 5.02 Å². The predicted octanol–water partition coefficient (Wildman–Crippen LogP) is 3.95. The van der Waals surface area contributed by atoms with E-state index in [0.29, 0.717) is 12.1 Å². The molecule has 0 saturated carbocycles. The van der Waals surface area contributed by atoms with Gasteiger partial charge in [0.1, 0.15) is 0 Å². The van der Waals surface area contributed by atoms with Crippen LogP contribution < -0.4 is 5.32 Å². The molecule has 2 rings (SSSR count). The van der Waals surface area contributed by atoms with Crippen molar-refractivity contribution in [2.45, 2.75) is 44.8 Å². The van der Waals surface area contributed by atoms with Gasteiger partial charge in [-0.05, 0) is 56.8 Å². The Hall–Kier alpha value is -0.570. The van der Waals surface area contributed by atoms with Gasteiger partial charge >= 0.3 is 0 Å². The largest absolute Gasteiger partial charge is 0.378 e. The van der Waals surface area contributed by atoms with Gasteiger partial charge in [-0.3, -0.25) is 0 Å². The number of hydrogen-bond donors (Lipinski definition) is 1. The molecule has 1 heterocycles. The molecule has 1 aromatic carbocycles. The molecule has 1 saturated heterocycles. The van der Waals surface area contributed by atoms with Crippen molar-refractivity contribution in [3.8, 4) is 0 Å². The zero-order chi connectivity index (χ0) is 12.8. The van der Waals surface area contributed by atoms with Gasteiger partial charge in [0.05, 0.1) is 6.10 Å². The number of hydrogen-bond acceptors (Lipinski definition) is 2. The highest BCUT2D eigenvalue weighted by Gasteiger charge is 2.14. The highest BCUT2D eigenvalue weighted by Crippen LogP contribution is 2.18. The summed E-state index contributed by atoms with van der Waals surface area (Å²) in [5.74, 6) is 0. The molecule has 0 radical (unpaired) electrons. The first-order valence-electron chi connectivity index (χ1n) is 6.86. The Morgan fingerprint density at radius 2 is 2.39 bits per heavy atom. The van der Waals surface area contributed by atoms with Gasteiger partial charge in [-0.15, -0.1) is 0 Å². The van der Waals surface area contributed by atoms with E-state index in [1.807, 2.05) is 18.2 Å². The minimum absolute atomic E-state index is 0.355. The van der Waals surface area contributed by atoms with Gasteiger partial charge in [0, 0.05) is 17.7 Å². The van der Waals surface area contributed by atoms with E-state index in [0.717, 1.165) is 18.2 Å². The van der Waals surface area contributed by atoms with Crippen molar-refractivity contribution in [2.24, 2.45) is 0 Å². The Kier molecular flexibility index (Phi) is 5.48. The van der Waals surface area contributed by atoms with Crippen LogP contribution in [-0.2, 0) is 4.74 Å². The predicted molar refractivity (Wildman–Crippen MR) is 76.1 cm³/mol. The Balaban J connectivity index is 1.66. The van der Waals surface area contributed by atoms with Crippen molar-refractivity contribution in [2.75, 3.05) is 13.2 Å². The zero-order valence-corrected chi connectivity index (χ0v) is 11.7. The Morgan fingerprint density at radius 1 is 1.50 bits per heavy atom. The van der Waals surface area contributed by atoms with Crippen LogP contribution in [0.5, 0.6) is 0 Å². The molecule has 1 aliphatic rings. The normalized spacial score (nSPS) is 21.1. The van der Waals surface area contributed by atoms with Crippen LogP contribution in [0, 0.1) is 0 Å². The van der Waals surface area contributed by atoms with E-state index in [1.165, 1.54) is 31.2 Å². The van der Waals surface area contributed by atoms with Crippen LogP contribution in [0.15, 0.2) is 24.3 Å². The van der Waals surface area contributed by atoms with Crippen molar-refractivity contribution in [1.82, 2.24) is 5.32 Å². The van der Waals surface area contributed by atoms with Crippen LogP contribution in [0.4, 0.5) is 0 Å². The van der Waals surface area contributed by atoms with Gasteiger partial charge in [0.25, 0.3) is 0 Å². The molecule has 0 amide bonds. The quantitative estimate of drug-likeness (QED) is 0.788. The molecule has 18 heavy (non-hydrogen) atoms. The number of benzene rings is 1. The van der Waals surface area contributed by atoms with Crippen LogP contribution >= 0.6 is 11.6 Å². The fraction of sp³-hybridized carbons (Fsp3) is 0.600. The Bertz CT molecular complexity index is 363. The fourth-order valence-electron chi connectivity index (χ4n) is 2.41. The van der Waals surface area contributed by atoms with E-state index in [1.54, 1.807) is 0 Å². The molecule has 0 spiro atoms. The summed E-state index contributed by atoms with van der Waals surface area (Å²) >= 11 is 5.99. The maximum atomic E-state index is 5.99. The van der Waals surface area contributed by atoms with Crippen LogP contribution in [0.1, 0.15) is 44.2 Å². The van der Waals surface area contributed by atoms with Gasteiger partial charge in [-0.2, -0.15) is 0 Å². The first kappa shape index (κ1) is 13.9. The van der Waals surface area contributed by atoms with Crippen LogP contribution in [0.3, 0.4) is 0 Å². The molecule has 1 aromatic rings. The SMILES string of the molecule is CC(NCCCC1CCCO1)c1cccc(Cl)c1. The summed E-state index contributed by atoms with van der Waals surface area (Å²) < 4.78 is 5.62. The molecule has 100 valence electrons. The van der Waals surface area contributed by atoms with E-state index in [2.05, 4.69) is 18.3 Å². The molecule has 0 bridgehead atoms. The maximum Gasteiger partial charge on any atom is 0.0576 e. The van der Waals surface area contributed by atoms with E-state index in [4.69, 9.17) is 16.3 Å². The number of halogens is 1. The van der Waals surface area contributed by atoms with Crippen molar-refractivity contribution < 1.29 is 4.74 Å². The number of ether oxygens (including phenoxy) is 1. The third kappa shape index (κ3) is 4.27.